The van der Waals surface area contributed by atoms with Crippen molar-refractivity contribution in [1.82, 2.24) is 15.4 Å². The van der Waals surface area contributed by atoms with E-state index in [9.17, 15) is 4.79 Å². The highest BCUT2D eigenvalue weighted by molar-refractivity contribution is 5.96. The molecule has 2 rings (SSSR count). The van der Waals surface area contributed by atoms with Crippen molar-refractivity contribution in [2.75, 3.05) is 26.7 Å². The van der Waals surface area contributed by atoms with Gasteiger partial charge in [0.05, 0.1) is 5.69 Å². The number of likely N-dealkylation sites (tertiary alicyclic amines) is 1. The lowest BCUT2D eigenvalue weighted by Gasteiger charge is -2.16. The minimum absolute atomic E-state index is 0.0554. The molecule has 0 spiro atoms. The van der Waals surface area contributed by atoms with E-state index in [0.717, 1.165) is 26.1 Å². The van der Waals surface area contributed by atoms with Crippen LogP contribution in [0.15, 0.2) is 4.52 Å². The van der Waals surface area contributed by atoms with Gasteiger partial charge in [-0.1, -0.05) is 5.16 Å². The summed E-state index contributed by atoms with van der Waals surface area (Å²) in [4.78, 5) is 14.2. The highest BCUT2D eigenvalue weighted by Gasteiger charge is 2.29. The van der Waals surface area contributed by atoms with Gasteiger partial charge in [-0.25, -0.2) is 0 Å². The molecular weight excluding hydrogens is 218 g/mol. The smallest absolute Gasteiger partial charge is 0.259 e. The molecule has 2 heterocycles. The Morgan fingerprint density at radius 3 is 2.94 bits per heavy atom. The van der Waals surface area contributed by atoms with Gasteiger partial charge in [-0.3, -0.25) is 4.79 Å². The van der Waals surface area contributed by atoms with Gasteiger partial charge >= 0.3 is 0 Å². The van der Waals surface area contributed by atoms with Crippen LogP contribution >= 0.6 is 0 Å². The van der Waals surface area contributed by atoms with Crippen molar-refractivity contribution < 1.29 is 9.32 Å². The normalized spacial score (nSPS) is 19.9. The topological polar surface area (TPSA) is 58.4 Å². The average molecular weight is 237 g/mol. The van der Waals surface area contributed by atoms with Gasteiger partial charge in [0.25, 0.3) is 5.91 Å². The molecule has 0 radical (unpaired) electrons. The first kappa shape index (κ1) is 12.1. The van der Waals surface area contributed by atoms with Gasteiger partial charge in [-0.05, 0) is 39.8 Å². The summed E-state index contributed by atoms with van der Waals surface area (Å²) < 4.78 is 5.04. The molecule has 1 aromatic rings. The molecule has 0 bridgehead atoms. The molecule has 0 saturated carbocycles. The van der Waals surface area contributed by atoms with Crippen LogP contribution in [0.2, 0.25) is 0 Å². The van der Waals surface area contributed by atoms with Crippen LogP contribution in [0.1, 0.15) is 28.2 Å². The van der Waals surface area contributed by atoms with Crippen LogP contribution < -0.4 is 5.32 Å². The summed E-state index contributed by atoms with van der Waals surface area (Å²) in [5, 5.41) is 6.99. The van der Waals surface area contributed by atoms with Crippen LogP contribution in [-0.2, 0) is 0 Å². The third-order valence-corrected chi connectivity index (χ3v) is 3.31. The highest BCUT2D eigenvalue weighted by atomic mass is 16.5. The number of aromatic nitrogens is 1. The quantitative estimate of drug-likeness (QED) is 0.851. The maximum absolute atomic E-state index is 12.3. The summed E-state index contributed by atoms with van der Waals surface area (Å²) in [6, 6.07) is 0. The number of nitrogens with one attached hydrogen (secondary N) is 1. The Balaban J connectivity index is 2.07. The molecule has 1 amide bonds. The van der Waals surface area contributed by atoms with Crippen LogP contribution in [0, 0.1) is 19.8 Å². The standard InChI is InChI=1S/C12H19N3O2/c1-8-11(9(2)17-14-8)12(16)15-5-4-10(7-15)6-13-3/h10,13H,4-7H2,1-3H3. The number of hydrogen-bond acceptors (Lipinski definition) is 4. The molecule has 1 unspecified atom stereocenters. The van der Waals surface area contributed by atoms with Crippen LogP contribution in [-0.4, -0.2) is 42.6 Å². The second-order valence-electron chi connectivity index (χ2n) is 4.66. The van der Waals surface area contributed by atoms with E-state index in [1.54, 1.807) is 6.92 Å². The Bertz CT molecular complexity index is 394. The summed E-state index contributed by atoms with van der Waals surface area (Å²) in [7, 11) is 1.94. The predicted octanol–water partition coefficient (Wildman–Crippen LogP) is 0.973. The number of carbonyl (C=O) groups is 1. The third-order valence-electron chi connectivity index (χ3n) is 3.31. The molecule has 1 N–H and O–H groups in total. The largest absolute Gasteiger partial charge is 0.361 e. The Labute approximate surface area is 101 Å². The van der Waals surface area contributed by atoms with Crippen molar-refractivity contribution in [2.24, 2.45) is 5.92 Å². The monoisotopic (exact) mass is 237 g/mol. The first-order chi connectivity index (χ1) is 8.13. The lowest BCUT2D eigenvalue weighted by molar-refractivity contribution is 0.0785. The van der Waals surface area contributed by atoms with Crippen LogP contribution in [0.25, 0.3) is 0 Å². The number of nitrogens with zero attached hydrogens (tertiary/aromatic N) is 2. The van der Waals surface area contributed by atoms with Crippen molar-refractivity contribution in [1.29, 1.82) is 0 Å². The maximum Gasteiger partial charge on any atom is 0.259 e. The van der Waals surface area contributed by atoms with Gasteiger partial charge in [-0.15, -0.1) is 0 Å². The van der Waals surface area contributed by atoms with Gasteiger partial charge in [-0.2, -0.15) is 0 Å². The fourth-order valence-electron chi connectivity index (χ4n) is 2.42. The number of amides is 1. The first-order valence-corrected chi connectivity index (χ1v) is 6.00. The molecule has 5 heteroatoms. The molecule has 1 atom stereocenters. The average Bonchev–Trinajstić information content (AvgIpc) is 2.87. The van der Waals surface area contributed by atoms with E-state index in [4.69, 9.17) is 4.52 Å². The zero-order valence-corrected chi connectivity index (χ0v) is 10.6. The van der Waals surface area contributed by atoms with Gasteiger partial charge in [0.2, 0.25) is 0 Å². The van der Waals surface area contributed by atoms with Crippen molar-refractivity contribution in [2.45, 2.75) is 20.3 Å². The maximum atomic E-state index is 12.3. The van der Waals surface area contributed by atoms with Crippen LogP contribution in [0.5, 0.6) is 0 Å². The van der Waals surface area contributed by atoms with Crippen molar-refractivity contribution in [3.63, 3.8) is 0 Å². The summed E-state index contributed by atoms with van der Waals surface area (Å²) in [5.41, 5.74) is 1.32. The van der Waals surface area contributed by atoms with E-state index in [1.807, 2.05) is 18.9 Å². The Morgan fingerprint density at radius 1 is 1.59 bits per heavy atom. The Hall–Kier alpha value is -1.36. The van der Waals surface area contributed by atoms with Gasteiger partial charge in [0.1, 0.15) is 11.3 Å². The van der Waals surface area contributed by atoms with E-state index in [-0.39, 0.29) is 5.91 Å². The van der Waals surface area contributed by atoms with E-state index in [0.29, 0.717) is 22.9 Å². The van der Waals surface area contributed by atoms with Crippen LogP contribution in [0.3, 0.4) is 0 Å². The zero-order valence-electron chi connectivity index (χ0n) is 10.6. The highest BCUT2D eigenvalue weighted by Crippen LogP contribution is 2.21. The van der Waals surface area contributed by atoms with Gasteiger partial charge in [0.15, 0.2) is 0 Å². The molecule has 17 heavy (non-hydrogen) atoms. The Morgan fingerprint density at radius 2 is 2.35 bits per heavy atom. The molecule has 1 aliphatic heterocycles. The zero-order chi connectivity index (χ0) is 12.4. The van der Waals surface area contributed by atoms with Gasteiger partial charge in [0, 0.05) is 13.1 Å². The predicted molar refractivity (Wildman–Crippen MR) is 63.9 cm³/mol. The lowest BCUT2D eigenvalue weighted by Crippen LogP contribution is -2.30. The van der Waals surface area contributed by atoms with E-state index >= 15 is 0 Å². The van der Waals surface area contributed by atoms with Crippen molar-refractivity contribution in [3.05, 3.63) is 17.0 Å². The molecule has 1 fully saturated rings. The first-order valence-electron chi connectivity index (χ1n) is 6.00. The second kappa shape index (κ2) is 4.87. The SMILES string of the molecule is CNCC1CCN(C(=O)c2c(C)noc2C)C1. The van der Waals surface area contributed by atoms with E-state index < -0.39 is 0 Å². The van der Waals surface area contributed by atoms with Crippen molar-refractivity contribution >= 4 is 5.91 Å². The molecule has 1 aromatic heterocycles. The van der Waals surface area contributed by atoms with Crippen molar-refractivity contribution in [3.8, 4) is 0 Å². The summed E-state index contributed by atoms with van der Waals surface area (Å²) in [5.74, 6) is 1.23. The number of rotatable bonds is 3. The molecule has 1 saturated heterocycles. The number of aryl methyl sites for hydroxylation is 2. The lowest BCUT2D eigenvalue weighted by atomic mass is 10.1. The minimum atomic E-state index is 0.0554. The summed E-state index contributed by atoms with van der Waals surface area (Å²) >= 11 is 0. The molecular formula is C12H19N3O2. The fraction of sp³-hybridized carbons (Fsp3) is 0.667. The van der Waals surface area contributed by atoms with Gasteiger partial charge < -0.3 is 14.7 Å². The summed E-state index contributed by atoms with van der Waals surface area (Å²) in [6.45, 7) is 6.21. The molecule has 5 nitrogen and oxygen atoms in total. The molecule has 0 aliphatic carbocycles. The second-order valence-corrected chi connectivity index (χ2v) is 4.66. The molecule has 1 aliphatic rings. The van der Waals surface area contributed by atoms with E-state index in [1.165, 1.54) is 0 Å². The molecule has 94 valence electrons. The third kappa shape index (κ3) is 2.34. The molecule has 0 aromatic carbocycles. The summed E-state index contributed by atoms with van der Waals surface area (Å²) in [6.07, 6.45) is 1.07. The number of carbonyl (C=O) groups excluding carboxylic acids is 1. The fourth-order valence-corrected chi connectivity index (χ4v) is 2.42. The minimum Gasteiger partial charge on any atom is -0.361 e. The van der Waals surface area contributed by atoms with E-state index in [2.05, 4.69) is 10.5 Å². The Kier molecular flexibility index (Phi) is 3.47. The van der Waals surface area contributed by atoms with Crippen LogP contribution in [0.4, 0.5) is 0 Å². The number of hydrogen-bond donors (Lipinski definition) is 1.